The van der Waals surface area contributed by atoms with E-state index in [0.717, 1.165) is 18.6 Å². The lowest BCUT2D eigenvalue weighted by atomic mass is 10.1. The van der Waals surface area contributed by atoms with Gasteiger partial charge < -0.3 is 10.1 Å². The monoisotopic (exact) mass is 277 g/mol. The summed E-state index contributed by atoms with van der Waals surface area (Å²) in [6.45, 7) is 4.28. The van der Waals surface area contributed by atoms with E-state index in [0.29, 0.717) is 6.42 Å². The molecule has 0 radical (unpaired) electrons. The van der Waals surface area contributed by atoms with Crippen LogP contribution in [0.15, 0.2) is 24.3 Å². The van der Waals surface area contributed by atoms with Crippen LogP contribution in [0.3, 0.4) is 0 Å². The Kier molecular flexibility index (Phi) is 7.78. The third kappa shape index (κ3) is 6.60. The van der Waals surface area contributed by atoms with Crippen LogP contribution in [0, 0.1) is 0 Å². The zero-order chi connectivity index (χ0) is 14.8. The fraction of sp³-hybridized carbons (Fsp3) is 0.588. The highest BCUT2D eigenvalue weighted by atomic mass is 16.5. The van der Waals surface area contributed by atoms with Crippen LogP contribution in [0.1, 0.15) is 51.5 Å². The predicted octanol–water partition coefficient (Wildman–Crippen LogP) is 3.71. The van der Waals surface area contributed by atoms with Crippen LogP contribution >= 0.6 is 0 Å². The first-order valence-corrected chi connectivity index (χ1v) is 7.58. The van der Waals surface area contributed by atoms with Gasteiger partial charge in [0.05, 0.1) is 7.11 Å². The van der Waals surface area contributed by atoms with E-state index in [1.165, 1.54) is 24.8 Å². The molecule has 0 aromatic heterocycles. The van der Waals surface area contributed by atoms with Crippen molar-refractivity contribution in [3.05, 3.63) is 29.8 Å². The average molecular weight is 277 g/mol. The number of hydrogen-bond donors (Lipinski definition) is 1. The van der Waals surface area contributed by atoms with E-state index >= 15 is 0 Å². The number of benzene rings is 1. The molecule has 0 bridgehead atoms. The summed E-state index contributed by atoms with van der Waals surface area (Å²) in [4.78, 5) is 11.8. The SMILES string of the molecule is CCCCCC(C)NC(=O)CCc1ccc(OC)cc1. The molecule has 1 amide bonds. The number of carbonyl (C=O) groups is 1. The molecule has 0 aliphatic rings. The molecule has 112 valence electrons. The molecule has 1 unspecified atom stereocenters. The quantitative estimate of drug-likeness (QED) is 0.699. The Morgan fingerprint density at radius 2 is 1.95 bits per heavy atom. The summed E-state index contributed by atoms with van der Waals surface area (Å²) < 4.78 is 5.11. The molecule has 0 saturated carbocycles. The Morgan fingerprint density at radius 1 is 1.25 bits per heavy atom. The molecule has 0 aliphatic carbocycles. The molecule has 0 heterocycles. The number of ether oxygens (including phenoxy) is 1. The number of nitrogens with one attached hydrogen (secondary N) is 1. The van der Waals surface area contributed by atoms with Crippen molar-refractivity contribution in [1.82, 2.24) is 5.32 Å². The van der Waals surface area contributed by atoms with Gasteiger partial charge in [-0.05, 0) is 37.5 Å². The topological polar surface area (TPSA) is 38.3 Å². The van der Waals surface area contributed by atoms with Crippen molar-refractivity contribution in [3.8, 4) is 5.75 Å². The number of hydrogen-bond acceptors (Lipinski definition) is 2. The van der Waals surface area contributed by atoms with Gasteiger partial charge in [0.25, 0.3) is 0 Å². The van der Waals surface area contributed by atoms with Gasteiger partial charge in [-0.25, -0.2) is 0 Å². The molecule has 0 saturated heterocycles. The van der Waals surface area contributed by atoms with Gasteiger partial charge in [-0.1, -0.05) is 38.3 Å². The maximum Gasteiger partial charge on any atom is 0.220 e. The molecule has 3 nitrogen and oxygen atoms in total. The number of aryl methyl sites for hydroxylation is 1. The molecule has 1 rings (SSSR count). The van der Waals surface area contributed by atoms with Crippen LogP contribution < -0.4 is 10.1 Å². The highest BCUT2D eigenvalue weighted by molar-refractivity contribution is 5.76. The maximum atomic E-state index is 11.8. The fourth-order valence-electron chi connectivity index (χ4n) is 2.17. The van der Waals surface area contributed by atoms with Crippen molar-refractivity contribution in [1.29, 1.82) is 0 Å². The largest absolute Gasteiger partial charge is 0.497 e. The molecule has 3 heteroatoms. The first-order valence-electron chi connectivity index (χ1n) is 7.58. The summed E-state index contributed by atoms with van der Waals surface area (Å²) in [5.41, 5.74) is 1.17. The van der Waals surface area contributed by atoms with Gasteiger partial charge in [0.15, 0.2) is 0 Å². The van der Waals surface area contributed by atoms with Crippen molar-refractivity contribution < 1.29 is 9.53 Å². The number of rotatable bonds is 9. The van der Waals surface area contributed by atoms with Crippen LogP contribution in [0.2, 0.25) is 0 Å². The van der Waals surface area contributed by atoms with E-state index in [4.69, 9.17) is 4.74 Å². The second-order valence-electron chi connectivity index (χ2n) is 5.31. The summed E-state index contributed by atoms with van der Waals surface area (Å²) in [5.74, 6) is 0.993. The second-order valence-corrected chi connectivity index (χ2v) is 5.31. The van der Waals surface area contributed by atoms with Crippen molar-refractivity contribution >= 4 is 5.91 Å². The number of methoxy groups -OCH3 is 1. The lowest BCUT2D eigenvalue weighted by Gasteiger charge is -2.13. The van der Waals surface area contributed by atoms with Gasteiger partial charge >= 0.3 is 0 Å². The summed E-state index contributed by atoms with van der Waals surface area (Å²) in [6, 6.07) is 8.17. The van der Waals surface area contributed by atoms with E-state index in [1.54, 1.807) is 7.11 Å². The van der Waals surface area contributed by atoms with E-state index in [-0.39, 0.29) is 11.9 Å². The van der Waals surface area contributed by atoms with Crippen LogP contribution in [0.25, 0.3) is 0 Å². The highest BCUT2D eigenvalue weighted by Crippen LogP contribution is 2.12. The Labute approximate surface area is 122 Å². The number of unbranched alkanes of at least 4 members (excludes halogenated alkanes) is 2. The smallest absolute Gasteiger partial charge is 0.220 e. The van der Waals surface area contributed by atoms with E-state index in [9.17, 15) is 4.79 Å². The van der Waals surface area contributed by atoms with Crippen molar-refractivity contribution in [2.75, 3.05) is 7.11 Å². The lowest BCUT2D eigenvalue weighted by molar-refractivity contribution is -0.121. The van der Waals surface area contributed by atoms with E-state index < -0.39 is 0 Å². The first-order chi connectivity index (χ1) is 9.65. The summed E-state index contributed by atoms with van der Waals surface area (Å²) in [5, 5.41) is 3.07. The zero-order valence-corrected chi connectivity index (χ0v) is 12.9. The molecule has 1 atom stereocenters. The summed E-state index contributed by atoms with van der Waals surface area (Å²) >= 11 is 0. The first kappa shape index (κ1) is 16.5. The van der Waals surface area contributed by atoms with E-state index in [2.05, 4.69) is 19.2 Å². The zero-order valence-electron chi connectivity index (χ0n) is 12.9. The minimum atomic E-state index is 0.143. The summed E-state index contributed by atoms with van der Waals surface area (Å²) in [7, 11) is 1.66. The maximum absolute atomic E-state index is 11.8. The van der Waals surface area contributed by atoms with Gasteiger partial charge in [-0.15, -0.1) is 0 Å². The van der Waals surface area contributed by atoms with Gasteiger partial charge in [-0.2, -0.15) is 0 Å². The summed E-state index contributed by atoms with van der Waals surface area (Å²) in [6.07, 6.45) is 6.05. The normalized spacial score (nSPS) is 11.9. The molecule has 1 aromatic carbocycles. The van der Waals surface area contributed by atoms with Crippen LogP contribution in [0.5, 0.6) is 5.75 Å². The number of amides is 1. The molecule has 0 spiro atoms. The Hall–Kier alpha value is -1.51. The average Bonchev–Trinajstić information content (AvgIpc) is 2.46. The van der Waals surface area contributed by atoms with Crippen molar-refractivity contribution in [2.45, 2.75) is 58.4 Å². The van der Waals surface area contributed by atoms with E-state index in [1.807, 2.05) is 24.3 Å². The van der Waals surface area contributed by atoms with Gasteiger partial charge in [0.2, 0.25) is 5.91 Å². The van der Waals surface area contributed by atoms with Crippen LogP contribution in [-0.4, -0.2) is 19.1 Å². The van der Waals surface area contributed by atoms with Crippen molar-refractivity contribution in [2.24, 2.45) is 0 Å². The highest BCUT2D eigenvalue weighted by Gasteiger charge is 2.07. The molecule has 1 aromatic rings. The third-order valence-electron chi connectivity index (χ3n) is 3.45. The van der Waals surface area contributed by atoms with Crippen molar-refractivity contribution in [3.63, 3.8) is 0 Å². The molecule has 0 fully saturated rings. The fourth-order valence-corrected chi connectivity index (χ4v) is 2.17. The van der Waals surface area contributed by atoms with Crippen LogP contribution in [0.4, 0.5) is 0 Å². The van der Waals surface area contributed by atoms with Gasteiger partial charge in [0, 0.05) is 12.5 Å². The molecular formula is C17H27NO2. The minimum Gasteiger partial charge on any atom is -0.497 e. The minimum absolute atomic E-state index is 0.143. The van der Waals surface area contributed by atoms with Crippen LogP contribution in [-0.2, 0) is 11.2 Å². The van der Waals surface area contributed by atoms with Gasteiger partial charge in [0.1, 0.15) is 5.75 Å². The Bertz CT molecular complexity index is 386. The Morgan fingerprint density at radius 3 is 2.55 bits per heavy atom. The lowest BCUT2D eigenvalue weighted by Crippen LogP contribution is -2.32. The number of carbonyl (C=O) groups excluding carboxylic acids is 1. The molecule has 0 aliphatic heterocycles. The standard InChI is InChI=1S/C17H27NO2/c1-4-5-6-7-14(2)18-17(19)13-10-15-8-11-16(20-3)12-9-15/h8-9,11-12,14H,4-7,10,13H2,1-3H3,(H,18,19). The third-order valence-corrected chi connectivity index (χ3v) is 3.45. The molecule has 1 N–H and O–H groups in total. The second kappa shape index (κ2) is 9.40. The van der Waals surface area contributed by atoms with Gasteiger partial charge in [-0.3, -0.25) is 4.79 Å². The Balaban J connectivity index is 2.24. The molecule has 20 heavy (non-hydrogen) atoms. The molecular weight excluding hydrogens is 250 g/mol. The predicted molar refractivity (Wildman–Crippen MR) is 83.1 cm³/mol.